The third-order valence-electron chi connectivity index (χ3n) is 1.83. The van der Waals surface area contributed by atoms with Crippen LogP contribution in [0.2, 0.25) is 0 Å². The molecule has 4 heteroatoms. The van der Waals surface area contributed by atoms with E-state index in [2.05, 4.69) is 5.10 Å². The summed E-state index contributed by atoms with van der Waals surface area (Å²) in [7, 11) is 1.72. The van der Waals surface area contributed by atoms with E-state index in [1.54, 1.807) is 7.05 Å². The Morgan fingerprint density at radius 3 is 2.57 bits per heavy atom. The summed E-state index contributed by atoms with van der Waals surface area (Å²) in [6, 6.07) is 10.7. The molecule has 0 saturated carbocycles. The Labute approximate surface area is 80.7 Å². The zero-order chi connectivity index (χ0) is 9.97. The van der Waals surface area contributed by atoms with E-state index in [9.17, 15) is 4.79 Å². The van der Waals surface area contributed by atoms with Gasteiger partial charge in [0.05, 0.1) is 6.07 Å². The van der Waals surface area contributed by atoms with Crippen LogP contribution in [-0.4, -0.2) is 9.78 Å². The van der Waals surface area contributed by atoms with E-state index in [1.807, 2.05) is 30.3 Å². The first-order chi connectivity index (χ1) is 6.75. The third kappa shape index (κ3) is 1.69. The highest BCUT2D eigenvalue weighted by Crippen LogP contribution is 2.17. The van der Waals surface area contributed by atoms with Gasteiger partial charge in [0.2, 0.25) is 5.88 Å². The molecule has 0 amide bonds. The quantitative estimate of drug-likeness (QED) is 0.780. The van der Waals surface area contributed by atoms with Gasteiger partial charge in [-0.1, -0.05) is 18.2 Å². The molecule has 4 nitrogen and oxygen atoms in total. The molecule has 1 heterocycles. The number of nitrogens with zero attached hydrogens (tertiary/aromatic N) is 1. The first-order valence-electron chi connectivity index (χ1n) is 4.24. The molecule has 0 saturated heterocycles. The van der Waals surface area contributed by atoms with Crippen LogP contribution in [0.5, 0.6) is 11.6 Å². The van der Waals surface area contributed by atoms with Crippen molar-refractivity contribution in [2.45, 2.75) is 0 Å². The molecule has 1 aromatic heterocycles. The van der Waals surface area contributed by atoms with Gasteiger partial charge >= 0.3 is 0 Å². The van der Waals surface area contributed by atoms with Gasteiger partial charge in [-0.2, -0.15) is 0 Å². The summed E-state index contributed by atoms with van der Waals surface area (Å²) in [6.45, 7) is 0. The predicted octanol–water partition coefficient (Wildman–Crippen LogP) is 1.51. The molecule has 2 aromatic rings. The molecule has 0 aliphatic carbocycles. The van der Waals surface area contributed by atoms with Crippen LogP contribution in [0, 0.1) is 0 Å². The Morgan fingerprint density at radius 1 is 1.29 bits per heavy atom. The maximum atomic E-state index is 10.9. The van der Waals surface area contributed by atoms with E-state index in [0.717, 1.165) is 0 Å². The van der Waals surface area contributed by atoms with E-state index in [1.165, 1.54) is 10.7 Å². The van der Waals surface area contributed by atoms with E-state index in [4.69, 9.17) is 4.74 Å². The Kier molecular flexibility index (Phi) is 2.10. The van der Waals surface area contributed by atoms with Crippen LogP contribution in [0.3, 0.4) is 0 Å². The summed E-state index contributed by atoms with van der Waals surface area (Å²) in [5.41, 5.74) is -0.168. The van der Waals surface area contributed by atoms with Gasteiger partial charge in [0.15, 0.2) is 0 Å². The summed E-state index contributed by atoms with van der Waals surface area (Å²) in [4.78, 5) is 10.9. The van der Waals surface area contributed by atoms with E-state index in [-0.39, 0.29) is 5.56 Å². The first kappa shape index (κ1) is 8.62. The standard InChI is InChI=1S/C10H10N2O2/c1-12-10(7-9(13)11-12)14-8-5-3-2-4-6-8/h2-7H,1H3,(H,11,13). The van der Waals surface area contributed by atoms with Crippen LogP contribution in [0.25, 0.3) is 0 Å². The van der Waals surface area contributed by atoms with Gasteiger partial charge in [-0.05, 0) is 12.1 Å². The molecule has 0 fully saturated rings. The number of hydrogen-bond acceptors (Lipinski definition) is 2. The van der Waals surface area contributed by atoms with Crippen LogP contribution >= 0.6 is 0 Å². The molecule has 0 atom stereocenters. The minimum atomic E-state index is -0.168. The normalized spacial score (nSPS) is 10.1. The summed E-state index contributed by atoms with van der Waals surface area (Å²) in [5.74, 6) is 1.21. The molecule has 0 bridgehead atoms. The van der Waals surface area contributed by atoms with Gasteiger partial charge in [-0.15, -0.1) is 0 Å². The van der Waals surface area contributed by atoms with Crippen molar-refractivity contribution in [3.63, 3.8) is 0 Å². The van der Waals surface area contributed by atoms with Crippen molar-refractivity contribution in [2.24, 2.45) is 7.05 Å². The number of benzene rings is 1. The number of rotatable bonds is 2. The average Bonchev–Trinajstić information content (AvgIpc) is 2.47. The molecule has 1 aromatic carbocycles. The molecule has 14 heavy (non-hydrogen) atoms. The number of aromatic nitrogens is 2. The lowest BCUT2D eigenvalue weighted by Gasteiger charge is -2.04. The van der Waals surface area contributed by atoms with Gasteiger partial charge < -0.3 is 4.74 Å². The predicted molar refractivity (Wildman–Crippen MR) is 52.5 cm³/mol. The first-order valence-corrected chi connectivity index (χ1v) is 4.24. The molecular formula is C10H10N2O2. The van der Waals surface area contributed by atoms with E-state index >= 15 is 0 Å². The highest BCUT2D eigenvalue weighted by molar-refractivity contribution is 5.26. The summed E-state index contributed by atoms with van der Waals surface area (Å²) >= 11 is 0. The fourth-order valence-corrected chi connectivity index (χ4v) is 1.17. The molecule has 1 N–H and O–H groups in total. The average molecular weight is 190 g/mol. The number of aryl methyl sites for hydroxylation is 1. The van der Waals surface area contributed by atoms with E-state index in [0.29, 0.717) is 11.6 Å². The zero-order valence-electron chi connectivity index (χ0n) is 7.73. The Hall–Kier alpha value is -1.97. The van der Waals surface area contributed by atoms with Gasteiger partial charge in [0.25, 0.3) is 5.56 Å². The molecule has 72 valence electrons. The Balaban J connectivity index is 2.27. The van der Waals surface area contributed by atoms with Gasteiger partial charge in [0.1, 0.15) is 5.75 Å². The van der Waals surface area contributed by atoms with Crippen molar-refractivity contribution < 1.29 is 4.74 Å². The maximum absolute atomic E-state index is 10.9. The third-order valence-corrected chi connectivity index (χ3v) is 1.83. The van der Waals surface area contributed by atoms with Crippen molar-refractivity contribution in [1.29, 1.82) is 0 Å². The summed E-state index contributed by atoms with van der Waals surface area (Å²) in [5, 5.41) is 2.56. The maximum Gasteiger partial charge on any atom is 0.268 e. The molecule has 0 unspecified atom stereocenters. The van der Waals surface area contributed by atoms with Crippen LogP contribution < -0.4 is 10.3 Å². The number of H-pyrrole nitrogens is 1. The molecule has 0 aliphatic rings. The minimum Gasteiger partial charge on any atom is -0.439 e. The molecule has 0 spiro atoms. The second kappa shape index (κ2) is 3.41. The molecular weight excluding hydrogens is 180 g/mol. The number of ether oxygens (including phenoxy) is 1. The van der Waals surface area contributed by atoms with Crippen LogP contribution in [-0.2, 0) is 7.05 Å². The Bertz CT molecular complexity index is 470. The van der Waals surface area contributed by atoms with Crippen LogP contribution in [0.4, 0.5) is 0 Å². The zero-order valence-corrected chi connectivity index (χ0v) is 7.73. The SMILES string of the molecule is Cn1[nH]c(=O)cc1Oc1ccccc1. The highest BCUT2D eigenvalue weighted by atomic mass is 16.5. The number of aromatic amines is 1. The monoisotopic (exact) mass is 190 g/mol. The molecule has 0 aliphatic heterocycles. The lowest BCUT2D eigenvalue weighted by molar-refractivity contribution is 0.430. The van der Waals surface area contributed by atoms with Crippen LogP contribution in [0.15, 0.2) is 41.2 Å². The molecule has 2 rings (SSSR count). The summed E-state index contributed by atoms with van der Waals surface area (Å²) in [6.07, 6.45) is 0. The number of para-hydroxylation sites is 1. The largest absolute Gasteiger partial charge is 0.439 e. The lowest BCUT2D eigenvalue weighted by atomic mass is 10.3. The topological polar surface area (TPSA) is 47.0 Å². The summed E-state index contributed by atoms with van der Waals surface area (Å²) < 4.78 is 7.00. The second-order valence-corrected chi connectivity index (χ2v) is 2.93. The fraction of sp³-hybridized carbons (Fsp3) is 0.100. The highest BCUT2D eigenvalue weighted by Gasteiger charge is 2.02. The van der Waals surface area contributed by atoms with Crippen molar-refractivity contribution >= 4 is 0 Å². The lowest BCUT2D eigenvalue weighted by Crippen LogP contribution is -2.00. The fourth-order valence-electron chi connectivity index (χ4n) is 1.17. The van der Waals surface area contributed by atoms with Crippen molar-refractivity contribution in [3.8, 4) is 11.6 Å². The van der Waals surface area contributed by atoms with Gasteiger partial charge in [-0.25, -0.2) is 0 Å². The smallest absolute Gasteiger partial charge is 0.268 e. The number of hydrogen-bond donors (Lipinski definition) is 1. The minimum absolute atomic E-state index is 0.168. The van der Waals surface area contributed by atoms with Gasteiger partial charge in [0, 0.05) is 7.05 Å². The second-order valence-electron chi connectivity index (χ2n) is 2.93. The molecule has 0 radical (unpaired) electrons. The van der Waals surface area contributed by atoms with Crippen molar-refractivity contribution in [1.82, 2.24) is 9.78 Å². The number of nitrogens with one attached hydrogen (secondary N) is 1. The van der Waals surface area contributed by atoms with E-state index < -0.39 is 0 Å². The van der Waals surface area contributed by atoms with Crippen molar-refractivity contribution in [2.75, 3.05) is 0 Å². The van der Waals surface area contributed by atoms with Crippen molar-refractivity contribution in [3.05, 3.63) is 46.8 Å². The Morgan fingerprint density at radius 2 is 2.00 bits per heavy atom. The van der Waals surface area contributed by atoms with Gasteiger partial charge in [-0.3, -0.25) is 14.6 Å². The van der Waals surface area contributed by atoms with Crippen LogP contribution in [0.1, 0.15) is 0 Å².